The Bertz CT molecular complexity index is 452. The van der Waals surface area contributed by atoms with Crippen molar-refractivity contribution in [2.75, 3.05) is 13.2 Å². The van der Waals surface area contributed by atoms with Crippen LogP contribution in [0.3, 0.4) is 0 Å². The highest BCUT2D eigenvalue weighted by Gasteiger charge is 2.01. The predicted molar refractivity (Wildman–Crippen MR) is 120 cm³/mol. The number of esters is 2. The van der Waals surface area contributed by atoms with E-state index in [9.17, 15) is 14.4 Å². The number of carbonyl (C=O) groups is 3. The number of hydrogen-bond donors (Lipinski definition) is 1. The van der Waals surface area contributed by atoms with Gasteiger partial charge in [0.2, 0.25) is 0 Å². The molecule has 0 spiro atoms. The van der Waals surface area contributed by atoms with Gasteiger partial charge in [-0.05, 0) is 19.8 Å². The van der Waals surface area contributed by atoms with Gasteiger partial charge in [0, 0.05) is 17.7 Å². The number of unbranched alkanes of at least 4 members (excludes halogenated alkanes) is 10. The van der Waals surface area contributed by atoms with Crippen LogP contribution in [0.4, 0.5) is 0 Å². The number of rotatable bonds is 17. The van der Waals surface area contributed by atoms with Crippen LogP contribution in [0.15, 0.2) is 24.3 Å². The van der Waals surface area contributed by atoms with Gasteiger partial charge in [-0.15, -0.1) is 0 Å². The lowest BCUT2D eigenvalue weighted by Crippen LogP contribution is -2.06. The minimum Gasteiger partial charge on any atom is -0.478 e. The van der Waals surface area contributed by atoms with Crippen LogP contribution in [-0.4, -0.2) is 36.2 Å². The molecule has 30 heavy (non-hydrogen) atoms. The van der Waals surface area contributed by atoms with E-state index >= 15 is 0 Å². The van der Waals surface area contributed by atoms with Crippen LogP contribution in [0.25, 0.3) is 0 Å². The Balaban J connectivity index is 0. The molecule has 0 heterocycles. The summed E-state index contributed by atoms with van der Waals surface area (Å²) in [6, 6.07) is 0. The summed E-state index contributed by atoms with van der Waals surface area (Å²) < 4.78 is 10.1. The summed E-state index contributed by atoms with van der Waals surface area (Å²) in [5.74, 6) is -1.88. The minimum atomic E-state index is -0.935. The van der Waals surface area contributed by atoms with Crippen LogP contribution in [0.1, 0.15) is 97.8 Å². The Morgan fingerprint density at radius 3 is 1.30 bits per heavy atom. The molecule has 0 bridgehead atoms. The first-order valence-electron chi connectivity index (χ1n) is 11.3. The summed E-state index contributed by atoms with van der Waals surface area (Å²) in [7, 11) is 0. The van der Waals surface area contributed by atoms with E-state index in [4.69, 9.17) is 14.6 Å². The van der Waals surface area contributed by atoms with Crippen molar-refractivity contribution in [3.63, 3.8) is 0 Å². The third kappa shape index (κ3) is 25.9. The molecule has 0 rings (SSSR count). The molecule has 174 valence electrons. The Morgan fingerprint density at radius 2 is 1.00 bits per heavy atom. The molecule has 0 atom stereocenters. The van der Waals surface area contributed by atoms with Gasteiger partial charge in [0.25, 0.3) is 0 Å². The van der Waals surface area contributed by atoms with Crippen molar-refractivity contribution in [2.24, 2.45) is 0 Å². The van der Waals surface area contributed by atoms with Gasteiger partial charge in [0.1, 0.15) is 0 Å². The number of carbonyl (C=O) groups excluding carboxylic acids is 2. The number of carboxylic acids is 1. The van der Waals surface area contributed by atoms with Crippen LogP contribution in [-0.2, 0) is 23.9 Å². The summed E-state index contributed by atoms with van der Waals surface area (Å²) in [5.41, 5.74) is 0.176. The molecule has 1 N–H and O–H groups in total. The van der Waals surface area contributed by atoms with Crippen molar-refractivity contribution >= 4 is 17.9 Å². The van der Waals surface area contributed by atoms with E-state index in [2.05, 4.69) is 20.4 Å². The van der Waals surface area contributed by atoms with E-state index in [-0.39, 0.29) is 5.57 Å². The van der Waals surface area contributed by atoms with E-state index in [1.165, 1.54) is 58.3 Å². The van der Waals surface area contributed by atoms with Crippen LogP contribution in [0.2, 0.25) is 0 Å². The fourth-order valence-corrected chi connectivity index (χ4v) is 2.34. The monoisotopic (exact) mass is 426 g/mol. The van der Waals surface area contributed by atoms with Crippen molar-refractivity contribution in [3.05, 3.63) is 24.3 Å². The lowest BCUT2D eigenvalue weighted by atomic mass is 10.1. The van der Waals surface area contributed by atoms with Gasteiger partial charge in [-0.1, -0.05) is 84.6 Å². The maximum absolute atomic E-state index is 11.4. The van der Waals surface area contributed by atoms with Crippen molar-refractivity contribution < 1.29 is 29.0 Å². The highest BCUT2D eigenvalue weighted by atomic mass is 16.5. The van der Waals surface area contributed by atoms with Gasteiger partial charge in [-0.3, -0.25) is 0 Å². The first-order chi connectivity index (χ1) is 14.3. The smallest absolute Gasteiger partial charge is 0.331 e. The maximum atomic E-state index is 11.4. The van der Waals surface area contributed by atoms with Gasteiger partial charge < -0.3 is 14.6 Å². The summed E-state index contributed by atoms with van der Waals surface area (Å²) >= 11 is 0. The molecule has 0 aromatic carbocycles. The third-order valence-electron chi connectivity index (χ3n) is 4.21. The lowest BCUT2D eigenvalue weighted by molar-refractivity contribution is -0.140. The third-order valence-corrected chi connectivity index (χ3v) is 4.21. The molecule has 6 nitrogen and oxygen atoms in total. The fourth-order valence-electron chi connectivity index (χ4n) is 2.34. The number of ether oxygens (including phenoxy) is 2. The summed E-state index contributed by atoms with van der Waals surface area (Å²) in [6.45, 7) is 9.81. The molecule has 0 amide bonds. The van der Waals surface area contributed by atoms with E-state index in [1.54, 1.807) is 0 Å². The zero-order valence-electron chi connectivity index (χ0n) is 19.2. The van der Waals surface area contributed by atoms with Crippen LogP contribution in [0.5, 0.6) is 0 Å². The second-order valence-corrected chi connectivity index (χ2v) is 7.29. The van der Waals surface area contributed by atoms with Gasteiger partial charge >= 0.3 is 17.9 Å². The molecular weight excluding hydrogens is 384 g/mol. The van der Waals surface area contributed by atoms with E-state index in [1.807, 2.05) is 0 Å². The molecule has 0 saturated heterocycles. The summed E-state index contributed by atoms with van der Waals surface area (Å²) in [6.07, 6.45) is 16.1. The maximum Gasteiger partial charge on any atom is 0.331 e. The van der Waals surface area contributed by atoms with Crippen LogP contribution >= 0.6 is 0 Å². The second-order valence-electron chi connectivity index (χ2n) is 7.29. The van der Waals surface area contributed by atoms with Crippen molar-refractivity contribution in [2.45, 2.75) is 97.8 Å². The molecule has 0 aliphatic rings. The number of aliphatic carboxylic acids is 1. The predicted octanol–water partition coefficient (Wildman–Crippen LogP) is 6.00. The largest absolute Gasteiger partial charge is 0.478 e. The molecule has 0 radical (unpaired) electrons. The molecule has 0 fully saturated rings. The van der Waals surface area contributed by atoms with Gasteiger partial charge in [0.05, 0.1) is 13.2 Å². The molecule has 6 heteroatoms. The minimum absolute atomic E-state index is 0.176. The Hall–Kier alpha value is -2.11. The number of carboxylic acid groups (broad SMARTS) is 1. The van der Waals surface area contributed by atoms with E-state index in [0.717, 1.165) is 37.8 Å². The quantitative estimate of drug-likeness (QED) is 0.174. The summed E-state index contributed by atoms with van der Waals surface area (Å²) in [5, 5.41) is 7.89. The lowest BCUT2D eigenvalue weighted by Gasteiger charge is -2.03. The molecule has 0 aliphatic heterocycles. The normalized spacial score (nSPS) is 10.2. The topological polar surface area (TPSA) is 89.9 Å². The van der Waals surface area contributed by atoms with Crippen LogP contribution in [0, 0.1) is 0 Å². The fraction of sp³-hybridized carbons (Fsp3) is 0.708. The van der Waals surface area contributed by atoms with Gasteiger partial charge in [0.15, 0.2) is 0 Å². The Kier molecular flexibility index (Phi) is 23.2. The first kappa shape index (κ1) is 30.1. The molecule has 0 aromatic heterocycles. The van der Waals surface area contributed by atoms with Crippen molar-refractivity contribution in [1.82, 2.24) is 0 Å². The molecule has 0 aliphatic carbocycles. The van der Waals surface area contributed by atoms with E-state index in [0.29, 0.717) is 13.2 Å². The Labute approximate surface area is 182 Å². The summed E-state index contributed by atoms with van der Waals surface area (Å²) in [4.78, 5) is 32.5. The van der Waals surface area contributed by atoms with Crippen molar-refractivity contribution in [3.8, 4) is 0 Å². The average Bonchev–Trinajstić information content (AvgIpc) is 2.71. The highest BCUT2D eigenvalue weighted by Crippen LogP contribution is 2.06. The van der Waals surface area contributed by atoms with Crippen LogP contribution < -0.4 is 0 Å². The Morgan fingerprint density at radius 1 is 0.700 bits per heavy atom. The molecule has 0 aromatic rings. The zero-order chi connectivity index (χ0) is 23.0. The molecule has 0 saturated carbocycles. The second kappa shape index (κ2) is 23.2. The van der Waals surface area contributed by atoms with Crippen molar-refractivity contribution in [1.29, 1.82) is 0 Å². The van der Waals surface area contributed by atoms with Gasteiger partial charge in [-0.2, -0.15) is 0 Å². The molecule has 0 unspecified atom stereocenters. The van der Waals surface area contributed by atoms with E-state index < -0.39 is 17.9 Å². The average molecular weight is 427 g/mol. The number of hydrogen-bond acceptors (Lipinski definition) is 5. The highest BCUT2D eigenvalue weighted by molar-refractivity contribution is 5.91. The molecular formula is C24H42O6. The van der Waals surface area contributed by atoms with Gasteiger partial charge in [-0.25, -0.2) is 14.4 Å². The zero-order valence-corrected chi connectivity index (χ0v) is 19.2. The standard InChI is InChI=1S/C20H36O4.C4H6O2/c1-3-5-7-9-11-13-17-23-19(21)15-16-20(22)24-18-14-12-10-8-6-4-2;1-3(2)4(5)6/h15-16H,3-14,17-18H2,1-2H3;1H2,2H3,(H,5,6)/b16-15-;. The first-order valence-corrected chi connectivity index (χ1v) is 11.3. The SMILES string of the molecule is C=C(C)C(=O)O.CCCCCCCCOC(=O)/C=C\C(=O)OCCCCCCCC.